The van der Waals surface area contributed by atoms with Crippen LogP contribution in [0, 0.1) is 0 Å². The minimum Gasteiger partial charge on any atom is -0.337 e. The molecule has 2 bridgehead atoms. The topological polar surface area (TPSA) is 54.5 Å². The Kier molecular flexibility index (Phi) is 4.25. The van der Waals surface area contributed by atoms with E-state index in [1.165, 1.54) is 0 Å². The van der Waals surface area contributed by atoms with Crippen LogP contribution in [0.4, 0.5) is 0 Å². The largest absolute Gasteiger partial charge is 0.337 e. The third-order valence-electron chi connectivity index (χ3n) is 4.45. The van der Waals surface area contributed by atoms with Crippen molar-refractivity contribution in [1.29, 1.82) is 0 Å². The van der Waals surface area contributed by atoms with Crippen LogP contribution in [0.3, 0.4) is 0 Å². The van der Waals surface area contributed by atoms with Gasteiger partial charge < -0.3 is 4.90 Å². The molecule has 0 radical (unpaired) electrons. The van der Waals surface area contributed by atoms with Crippen molar-refractivity contribution >= 4 is 27.5 Å². The Morgan fingerprint density at radius 2 is 2.00 bits per heavy atom. The number of fused-ring (bicyclic) bond motifs is 2. The van der Waals surface area contributed by atoms with Crippen molar-refractivity contribution in [3.05, 3.63) is 29.8 Å². The minimum atomic E-state index is -3.24. The van der Waals surface area contributed by atoms with E-state index in [0.29, 0.717) is 22.6 Å². The minimum absolute atomic E-state index is 0.160. The van der Waals surface area contributed by atoms with Crippen LogP contribution < -0.4 is 0 Å². The molecule has 3 rings (SSSR count). The van der Waals surface area contributed by atoms with Gasteiger partial charge >= 0.3 is 0 Å². The summed E-state index contributed by atoms with van der Waals surface area (Å²) in [5, 5.41) is 0.185. The summed E-state index contributed by atoms with van der Waals surface area (Å²) in [7, 11) is -3.24. The molecule has 2 aliphatic rings. The maximum Gasteiger partial charge on any atom is 0.227 e. The number of benzene rings is 1. The van der Waals surface area contributed by atoms with Crippen molar-refractivity contribution in [3.8, 4) is 0 Å². The number of thioether (sulfide) groups is 1. The van der Waals surface area contributed by atoms with Crippen LogP contribution >= 0.6 is 11.8 Å². The molecule has 22 heavy (non-hydrogen) atoms. The molecule has 2 fully saturated rings. The van der Waals surface area contributed by atoms with Gasteiger partial charge in [-0.05, 0) is 38.0 Å². The molecule has 2 unspecified atom stereocenters. The van der Waals surface area contributed by atoms with Crippen molar-refractivity contribution in [1.82, 2.24) is 4.90 Å². The van der Waals surface area contributed by atoms with Gasteiger partial charge in [0.1, 0.15) is 0 Å². The van der Waals surface area contributed by atoms with Gasteiger partial charge in [-0.15, -0.1) is 0 Å². The van der Waals surface area contributed by atoms with Gasteiger partial charge in [-0.2, -0.15) is 11.8 Å². The highest BCUT2D eigenvalue weighted by molar-refractivity contribution is 8.00. The molecule has 120 valence electrons. The molecule has 0 N–H and O–H groups in total. The number of hydrogen-bond acceptors (Lipinski definition) is 4. The molecule has 2 saturated heterocycles. The second-order valence-corrected chi connectivity index (χ2v) is 10.1. The van der Waals surface area contributed by atoms with E-state index in [1.54, 1.807) is 38.1 Å². The fourth-order valence-corrected chi connectivity index (χ4v) is 5.54. The summed E-state index contributed by atoms with van der Waals surface area (Å²) >= 11 is 1.97. The lowest BCUT2D eigenvalue weighted by Gasteiger charge is -2.26. The fraction of sp³-hybridized carbons (Fsp3) is 0.562. The molecule has 0 saturated carbocycles. The van der Waals surface area contributed by atoms with E-state index in [4.69, 9.17) is 0 Å². The third kappa shape index (κ3) is 2.91. The first kappa shape index (κ1) is 15.9. The van der Waals surface area contributed by atoms with Gasteiger partial charge in [-0.1, -0.05) is 12.1 Å². The number of sulfone groups is 1. The molecule has 0 aliphatic carbocycles. The van der Waals surface area contributed by atoms with Crippen LogP contribution in [0.15, 0.2) is 29.2 Å². The SMILES string of the molecule is CC(C)S(=O)(=O)c1ccc(CC(=O)N2CC3CC2CS3)cc1. The average molecular weight is 339 g/mol. The standard InChI is InChI=1S/C16H21NO3S2/c1-11(2)22(19,20)15-5-3-12(4-6-15)7-16(18)17-9-14-8-13(17)10-21-14/h3-6,11,13-14H,7-10H2,1-2H3. The first-order valence-corrected chi connectivity index (χ1v) is 10.2. The van der Waals surface area contributed by atoms with Crippen LogP contribution in [0.1, 0.15) is 25.8 Å². The van der Waals surface area contributed by atoms with Gasteiger partial charge in [0.15, 0.2) is 9.84 Å². The molecule has 0 aromatic heterocycles. The van der Waals surface area contributed by atoms with Crippen molar-refractivity contribution in [3.63, 3.8) is 0 Å². The number of carbonyl (C=O) groups is 1. The second kappa shape index (κ2) is 5.89. The number of nitrogens with zero attached hydrogens (tertiary/aromatic N) is 1. The van der Waals surface area contributed by atoms with Crippen molar-refractivity contribution in [2.45, 2.75) is 48.1 Å². The molecular weight excluding hydrogens is 318 g/mol. The normalized spacial score (nSPS) is 24.2. The Morgan fingerprint density at radius 3 is 2.50 bits per heavy atom. The van der Waals surface area contributed by atoms with Crippen molar-refractivity contribution in [2.75, 3.05) is 12.3 Å². The first-order chi connectivity index (χ1) is 10.4. The van der Waals surface area contributed by atoms with Gasteiger partial charge in [0.2, 0.25) is 5.91 Å². The van der Waals surface area contributed by atoms with Gasteiger partial charge in [0.25, 0.3) is 0 Å². The molecule has 2 atom stereocenters. The van der Waals surface area contributed by atoms with Crippen LogP contribution in [-0.4, -0.2) is 48.1 Å². The third-order valence-corrected chi connectivity index (χ3v) is 8.01. The van der Waals surface area contributed by atoms with Crippen LogP contribution in [0.25, 0.3) is 0 Å². The molecular formula is C16H21NO3S2. The lowest BCUT2D eigenvalue weighted by molar-refractivity contribution is -0.130. The van der Waals surface area contributed by atoms with E-state index in [9.17, 15) is 13.2 Å². The summed E-state index contributed by atoms with van der Waals surface area (Å²) in [5.74, 6) is 1.22. The number of likely N-dealkylation sites (tertiary alicyclic amines) is 1. The lowest BCUT2D eigenvalue weighted by Crippen LogP contribution is -2.40. The zero-order valence-corrected chi connectivity index (χ0v) is 14.5. The summed E-state index contributed by atoms with van der Waals surface area (Å²) in [6.45, 7) is 4.22. The highest BCUT2D eigenvalue weighted by Crippen LogP contribution is 2.37. The van der Waals surface area contributed by atoms with E-state index in [2.05, 4.69) is 0 Å². The van der Waals surface area contributed by atoms with E-state index >= 15 is 0 Å². The first-order valence-electron chi connectivity index (χ1n) is 7.62. The summed E-state index contributed by atoms with van der Waals surface area (Å²) in [4.78, 5) is 14.7. The monoisotopic (exact) mass is 339 g/mol. The molecule has 1 aromatic carbocycles. The van der Waals surface area contributed by atoms with Crippen LogP contribution in [0.2, 0.25) is 0 Å². The van der Waals surface area contributed by atoms with E-state index < -0.39 is 15.1 Å². The van der Waals surface area contributed by atoms with Crippen molar-refractivity contribution in [2.24, 2.45) is 0 Å². The molecule has 1 amide bonds. The Hall–Kier alpha value is -1.01. The molecule has 0 spiro atoms. The number of rotatable bonds is 4. The van der Waals surface area contributed by atoms with E-state index in [1.807, 2.05) is 16.7 Å². The van der Waals surface area contributed by atoms with Gasteiger partial charge in [-0.25, -0.2) is 8.42 Å². The maximum absolute atomic E-state index is 12.4. The van der Waals surface area contributed by atoms with Crippen molar-refractivity contribution < 1.29 is 13.2 Å². The number of carbonyl (C=O) groups excluding carboxylic acids is 1. The number of amides is 1. The molecule has 6 heteroatoms. The molecule has 2 aliphatic heterocycles. The Morgan fingerprint density at radius 1 is 1.32 bits per heavy atom. The highest BCUT2D eigenvalue weighted by Gasteiger charge is 2.40. The Bertz CT molecular complexity index is 667. The predicted molar refractivity (Wildman–Crippen MR) is 88.8 cm³/mol. The highest BCUT2D eigenvalue weighted by atomic mass is 32.2. The molecule has 1 aromatic rings. The smallest absolute Gasteiger partial charge is 0.227 e. The average Bonchev–Trinajstić information content (AvgIpc) is 3.10. The van der Waals surface area contributed by atoms with E-state index in [0.717, 1.165) is 24.3 Å². The number of hydrogen-bond donors (Lipinski definition) is 0. The van der Waals surface area contributed by atoms with Crippen LogP contribution in [0.5, 0.6) is 0 Å². The molecule has 4 nitrogen and oxygen atoms in total. The summed E-state index contributed by atoms with van der Waals surface area (Å²) < 4.78 is 24.2. The molecule has 2 heterocycles. The summed E-state index contributed by atoms with van der Waals surface area (Å²) in [6, 6.07) is 7.16. The van der Waals surface area contributed by atoms with Gasteiger partial charge in [0, 0.05) is 23.6 Å². The summed E-state index contributed by atoms with van der Waals surface area (Å²) in [5.41, 5.74) is 0.878. The fourth-order valence-electron chi connectivity index (χ4n) is 3.05. The summed E-state index contributed by atoms with van der Waals surface area (Å²) in [6.07, 6.45) is 1.48. The van der Waals surface area contributed by atoms with Gasteiger partial charge in [-0.3, -0.25) is 4.79 Å². The second-order valence-electron chi connectivity index (χ2n) is 6.31. The zero-order valence-electron chi connectivity index (χ0n) is 12.9. The quantitative estimate of drug-likeness (QED) is 0.843. The Labute approximate surface area is 136 Å². The van der Waals surface area contributed by atoms with Gasteiger partial charge in [0.05, 0.1) is 16.6 Å². The predicted octanol–water partition coefficient (Wildman–Crippen LogP) is 2.13. The zero-order chi connectivity index (χ0) is 15.9. The van der Waals surface area contributed by atoms with Crippen LogP contribution in [-0.2, 0) is 21.1 Å². The lowest BCUT2D eigenvalue weighted by atomic mass is 10.1. The Balaban J connectivity index is 1.68. The maximum atomic E-state index is 12.4. The van der Waals surface area contributed by atoms with E-state index in [-0.39, 0.29) is 5.91 Å².